The van der Waals surface area contributed by atoms with E-state index in [9.17, 15) is 0 Å². The lowest BCUT2D eigenvalue weighted by atomic mass is 10.2. The van der Waals surface area contributed by atoms with Gasteiger partial charge in [0.2, 0.25) is 0 Å². The molecule has 6 heteroatoms. The Bertz CT molecular complexity index is 619. The highest BCUT2D eigenvalue weighted by Crippen LogP contribution is 2.32. The molecule has 112 valence electrons. The van der Waals surface area contributed by atoms with Gasteiger partial charge in [-0.1, -0.05) is 18.5 Å². The van der Waals surface area contributed by atoms with Crippen molar-refractivity contribution in [2.75, 3.05) is 24.3 Å². The molecule has 1 heterocycles. The molecule has 5 nitrogen and oxygen atoms in total. The fourth-order valence-electron chi connectivity index (χ4n) is 1.84. The summed E-state index contributed by atoms with van der Waals surface area (Å²) in [6, 6.07) is 5.58. The minimum absolute atomic E-state index is 0.672. The standard InChI is InChI=1S/C15H19ClN4O/c1-4-5-17-14-8-15(19-9-18-14)20-12-6-10(2)11(16)7-13(12)21-3/h6-9H,4-5H2,1-3H3,(H2,17,18,19,20). The average molecular weight is 307 g/mol. The van der Waals surface area contributed by atoms with Gasteiger partial charge in [-0.2, -0.15) is 0 Å². The van der Waals surface area contributed by atoms with Crippen molar-refractivity contribution in [1.82, 2.24) is 9.97 Å². The summed E-state index contributed by atoms with van der Waals surface area (Å²) in [7, 11) is 1.61. The molecule has 21 heavy (non-hydrogen) atoms. The molecule has 0 unspecified atom stereocenters. The van der Waals surface area contributed by atoms with E-state index in [0.29, 0.717) is 16.6 Å². The highest BCUT2D eigenvalue weighted by Gasteiger charge is 2.08. The van der Waals surface area contributed by atoms with Crippen LogP contribution in [0, 0.1) is 6.92 Å². The number of rotatable bonds is 6. The van der Waals surface area contributed by atoms with Crippen molar-refractivity contribution in [2.24, 2.45) is 0 Å². The van der Waals surface area contributed by atoms with Crippen molar-refractivity contribution in [3.8, 4) is 5.75 Å². The number of methoxy groups -OCH3 is 1. The van der Waals surface area contributed by atoms with Crippen LogP contribution in [0.5, 0.6) is 5.75 Å². The number of aryl methyl sites for hydroxylation is 1. The predicted octanol–water partition coefficient (Wildman–Crippen LogP) is 4.01. The Balaban J connectivity index is 2.23. The van der Waals surface area contributed by atoms with Crippen molar-refractivity contribution in [3.05, 3.63) is 35.1 Å². The van der Waals surface area contributed by atoms with Crippen LogP contribution in [0.3, 0.4) is 0 Å². The zero-order valence-electron chi connectivity index (χ0n) is 12.4. The van der Waals surface area contributed by atoms with Gasteiger partial charge in [0.15, 0.2) is 0 Å². The quantitative estimate of drug-likeness (QED) is 0.844. The van der Waals surface area contributed by atoms with Gasteiger partial charge in [-0.15, -0.1) is 0 Å². The summed E-state index contributed by atoms with van der Waals surface area (Å²) < 4.78 is 5.34. The van der Waals surface area contributed by atoms with Gasteiger partial charge in [0.25, 0.3) is 0 Å². The van der Waals surface area contributed by atoms with Gasteiger partial charge in [0.1, 0.15) is 23.7 Å². The van der Waals surface area contributed by atoms with Crippen molar-refractivity contribution in [1.29, 1.82) is 0 Å². The lowest BCUT2D eigenvalue weighted by molar-refractivity contribution is 0.416. The monoisotopic (exact) mass is 306 g/mol. The normalized spacial score (nSPS) is 10.3. The van der Waals surface area contributed by atoms with E-state index in [0.717, 1.165) is 30.0 Å². The Morgan fingerprint density at radius 3 is 2.67 bits per heavy atom. The molecule has 1 aromatic carbocycles. The first kappa shape index (κ1) is 15.4. The first-order valence-corrected chi connectivity index (χ1v) is 7.19. The number of halogens is 1. The van der Waals surface area contributed by atoms with E-state index in [1.54, 1.807) is 13.2 Å². The Labute approximate surface area is 129 Å². The molecule has 1 aromatic heterocycles. The van der Waals surface area contributed by atoms with Crippen molar-refractivity contribution in [3.63, 3.8) is 0 Å². The van der Waals surface area contributed by atoms with E-state index in [1.807, 2.05) is 19.1 Å². The molecule has 0 bridgehead atoms. The molecule has 0 radical (unpaired) electrons. The molecule has 0 atom stereocenters. The maximum Gasteiger partial charge on any atom is 0.143 e. The van der Waals surface area contributed by atoms with E-state index in [-0.39, 0.29) is 0 Å². The number of benzene rings is 1. The van der Waals surface area contributed by atoms with Crippen LogP contribution in [0.25, 0.3) is 0 Å². The highest BCUT2D eigenvalue weighted by atomic mass is 35.5. The molecule has 0 amide bonds. The van der Waals surface area contributed by atoms with E-state index in [1.165, 1.54) is 6.33 Å². The van der Waals surface area contributed by atoms with Gasteiger partial charge in [0.05, 0.1) is 12.8 Å². The molecule has 0 saturated carbocycles. The third-order valence-electron chi connectivity index (χ3n) is 2.97. The molecular formula is C15H19ClN4O. The smallest absolute Gasteiger partial charge is 0.143 e. The third kappa shape index (κ3) is 3.98. The Morgan fingerprint density at radius 1 is 1.19 bits per heavy atom. The molecule has 0 fully saturated rings. The minimum Gasteiger partial charge on any atom is -0.495 e. The maximum atomic E-state index is 6.11. The van der Waals surface area contributed by atoms with Gasteiger partial charge in [0, 0.05) is 23.7 Å². The molecule has 0 saturated heterocycles. The van der Waals surface area contributed by atoms with Crippen molar-refractivity contribution in [2.45, 2.75) is 20.3 Å². The average Bonchev–Trinajstić information content (AvgIpc) is 2.49. The number of hydrogen-bond acceptors (Lipinski definition) is 5. The van der Waals surface area contributed by atoms with Gasteiger partial charge >= 0.3 is 0 Å². The van der Waals surface area contributed by atoms with Crippen LogP contribution in [0.1, 0.15) is 18.9 Å². The minimum atomic E-state index is 0.672. The van der Waals surface area contributed by atoms with Crippen LogP contribution in [0.15, 0.2) is 24.5 Å². The summed E-state index contributed by atoms with van der Waals surface area (Å²) in [5, 5.41) is 7.13. The molecule has 0 aliphatic heterocycles. The Kier molecular flexibility index (Phi) is 5.22. The predicted molar refractivity (Wildman–Crippen MR) is 86.8 cm³/mol. The van der Waals surface area contributed by atoms with E-state index < -0.39 is 0 Å². The molecule has 2 aromatic rings. The third-order valence-corrected chi connectivity index (χ3v) is 3.37. The van der Waals surface area contributed by atoms with Crippen LogP contribution in [-0.2, 0) is 0 Å². The van der Waals surface area contributed by atoms with Gasteiger partial charge < -0.3 is 15.4 Å². The van der Waals surface area contributed by atoms with Crippen LogP contribution in [-0.4, -0.2) is 23.6 Å². The van der Waals surface area contributed by atoms with Crippen LogP contribution in [0.2, 0.25) is 5.02 Å². The second kappa shape index (κ2) is 7.13. The molecule has 0 aliphatic carbocycles. The number of nitrogens with one attached hydrogen (secondary N) is 2. The molecule has 2 rings (SSSR count). The second-order valence-electron chi connectivity index (χ2n) is 4.64. The zero-order chi connectivity index (χ0) is 15.2. The fourth-order valence-corrected chi connectivity index (χ4v) is 2.00. The first-order chi connectivity index (χ1) is 10.1. The number of anilines is 3. The summed E-state index contributed by atoms with van der Waals surface area (Å²) in [5.74, 6) is 2.16. The van der Waals surface area contributed by atoms with Crippen LogP contribution >= 0.6 is 11.6 Å². The van der Waals surface area contributed by atoms with Crippen molar-refractivity contribution >= 4 is 28.9 Å². The number of hydrogen-bond donors (Lipinski definition) is 2. The van der Waals surface area contributed by atoms with Gasteiger partial charge in [-0.05, 0) is 25.0 Å². The fraction of sp³-hybridized carbons (Fsp3) is 0.333. The van der Waals surface area contributed by atoms with Crippen molar-refractivity contribution < 1.29 is 4.74 Å². The summed E-state index contributed by atoms with van der Waals surface area (Å²) in [6.07, 6.45) is 2.56. The SMILES string of the molecule is CCCNc1cc(Nc2cc(C)c(Cl)cc2OC)ncn1. The lowest BCUT2D eigenvalue weighted by Crippen LogP contribution is -2.04. The topological polar surface area (TPSA) is 59.1 Å². The van der Waals surface area contributed by atoms with Gasteiger partial charge in [-0.3, -0.25) is 0 Å². The zero-order valence-corrected chi connectivity index (χ0v) is 13.2. The summed E-state index contributed by atoms with van der Waals surface area (Å²) in [4.78, 5) is 8.40. The van der Waals surface area contributed by atoms with E-state index in [2.05, 4.69) is 27.5 Å². The van der Waals surface area contributed by atoms with Crippen LogP contribution in [0.4, 0.5) is 17.3 Å². The Morgan fingerprint density at radius 2 is 1.95 bits per heavy atom. The molecule has 0 aliphatic rings. The first-order valence-electron chi connectivity index (χ1n) is 6.81. The molecule has 2 N–H and O–H groups in total. The highest BCUT2D eigenvalue weighted by molar-refractivity contribution is 6.31. The summed E-state index contributed by atoms with van der Waals surface area (Å²) in [6.45, 7) is 4.93. The second-order valence-corrected chi connectivity index (χ2v) is 5.05. The summed E-state index contributed by atoms with van der Waals surface area (Å²) in [5.41, 5.74) is 1.79. The van der Waals surface area contributed by atoms with Crippen LogP contribution < -0.4 is 15.4 Å². The van der Waals surface area contributed by atoms with E-state index in [4.69, 9.17) is 16.3 Å². The van der Waals surface area contributed by atoms with Gasteiger partial charge in [-0.25, -0.2) is 9.97 Å². The number of ether oxygens (including phenoxy) is 1. The molecular weight excluding hydrogens is 288 g/mol. The Hall–Kier alpha value is -2.01. The lowest BCUT2D eigenvalue weighted by Gasteiger charge is -2.13. The number of nitrogens with zero attached hydrogens (tertiary/aromatic N) is 2. The molecule has 0 spiro atoms. The summed E-state index contributed by atoms with van der Waals surface area (Å²) >= 11 is 6.11. The maximum absolute atomic E-state index is 6.11. The number of aromatic nitrogens is 2. The van der Waals surface area contributed by atoms with E-state index >= 15 is 0 Å². The largest absolute Gasteiger partial charge is 0.495 e.